The molecule has 1 aliphatic rings. The fourth-order valence-electron chi connectivity index (χ4n) is 6.42. The minimum absolute atomic E-state index is 0. The van der Waals surface area contributed by atoms with E-state index in [1.165, 1.54) is 0 Å². The molecule has 0 bridgehead atoms. The molecule has 8 rings (SSSR count). The van der Waals surface area contributed by atoms with Crippen LogP contribution in [-0.4, -0.2) is 14.5 Å². The number of anilines is 2. The van der Waals surface area contributed by atoms with Crippen LogP contribution >= 0.6 is 0 Å². The van der Waals surface area contributed by atoms with Gasteiger partial charge in [-0.15, -0.1) is 47.5 Å². The zero-order valence-electron chi connectivity index (χ0n) is 32.6. The number of para-hydroxylation sites is 1. The Morgan fingerprint density at radius 2 is 1.46 bits per heavy atom. The summed E-state index contributed by atoms with van der Waals surface area (Å²) in [6, 6.07) is 42.4. The van der Waals surface area contributed by atoms with Gasteiger partial charge in [0.1, 0.15) is 0 Å². The first-order chi connectivity index (χ1) is 25.9. The number of fused-ring (bicyclic) bond motifs is 3. The van der Waals surface area contributed by atoms with E-state index >= 15 is 0 Å². The molecule has 0 saturated heterocycles. The molecular formula is C46H39N4OPt-3. The van der Waals surface area contributed by atoms with Crippen LogP contribution in [0.25, 0.3) is 33.9 Å². The molecule has 2 aromatic heterocycles. The maximum absolute atomic E-state index is 8.85. The summed E-state index contributed by atoms with van der Waals surface area (Å²) in [6.07, 6.45) is 3.75. The number of pyridine rings is 1. The van der Waals surface area contributed by atoms with Gasteiger partial charge in [0.2, 0.25) is 0 Å². The number of benzene rings is 5. The molecule has 5 nitrogen and oxygen atoms in total. The van der Waals surface area contributed by atoms with Crippen LogP contribution in [0, 0.1) is 18.8 Å². The van der Waals surface area contributed by atoms with Gasteiger partial charge in [0.05, 0.1) is 0 Å². The Morgan fingerprint density at radius 1 is 0.731 bits per heavy atom. The van der Waals surface area contributed by atoms with E-state index < -0.39 is 0 Å². The van der Waals surface area contributed by atoms with E-state index in [1.807, 2.05) is 84.2 Å². The van der Waals surface area contributed by atoms with E-state index in [0.717, 1.165) is 50.7 Å². The van der Waals surface area contributed by atoms with Crippen LogP contribution in [0.15, 0.2) is 140 Å². The van der Waals surface area contributed by atoms with Crippen LogP contribution in [0.1, 0.15) is 55.4 Å². The van der Waals surface area contributed by atoms with Crippen molar-refractivity contribution in [3.05, 3.63) is 175 Å². The first kappa shape index (κ1) is 31.4. The first-order valence-electron chi connectivity index (χ1n) is 18.6. The SMILES string of the molecule is [2H]c1c(Oc2[c-]c(N3[CH-]n4cc(-c5ccccc5)nc4-c4ccccc43)cc(C(C)(C)C)c2)[c-]c(-c2cc(C(C)(C)c3ccccc3)ccn2)c([2H])c1[2H].[Pt]. The summed E-state index contributed by atoms with van der Waals surface area (Å²) in [5, 5.41) is 0. The molecule has 1 aliphatic heterocycles. The Bertz CT molecular complexity index is 2510. The second kappa shape index (κ2) is 14.0. The van der Waals surface area contributed by atoms with Gasteiger partial charge in [-0.25, -0.2) is 0 Å². The molecule has 0 aliphatic carbocycles. The van der Waals surface area contributed by atoms with E-state index in [1.54, 1.807) is 6.20 Å². The summed E-state index contributed by atoms with van der Waals surface area (Å²) < 4.78 is 35.0. The van der Waals surface area contributed by atoms with E-state index in [9.17, 15) is 0 Å². The van der Waals surface area contributed by atoms with Gasteiger partial charge in [0, 0.05) is 64.1 Å². The monoisotopic (exact) mass is 861 g/mol. The molecule has 7 aromatic rings. The van der Waals surface area contributed by atoms with E-state index in [0.29, 0.717) is 17.0 Å². The van der Waals surface area contributed by atoms with E-state index in [-0.39, 0.29) is 55.8 Å². The van der Waals surface area contributed by atoms with Crippen LogP contribution in [0.4, 0.5) is 11.4 Å². The van der Waals surface area contributed by atoms with Crippen molar-refractivity contribution >= 4 is 11.4 Å². The number of aromatic nitrogens is 3. The van der Waals surface area contributed by atoms with Gasteiger partial charge in [0.25, 0.3) is 0 Å². The summed E-state index contributed by atoms with van der Waals surface area (Å²) in [5.74, 6) is 1.24. The van der Waals surface area contributed by atoms with Gasteiger partial charge < -0.3 is 24.2 Å². The minimum Gasteiger partial charge on any atom is -0.503 e. The zero-order valence-corrected chi connectivity index (χ0v) is 31.9. The van der Waals surface area contributed by atoms with Crippen molar-refractivity contribution in [1.82, 2.24) is 14.5 Å². The van der Waals surface area contributed by atoms with Gasteiger partial charge >= 0.3 is 0 Å². The van der Waals surface area contributed by atoms with Gasteiger partial charge in [-0.3, -0.25) is 0 Å². The molecule has 3 heterocycles. The molecule has 0 spiro atoms. The van der Waals surface area contributed by atoms with Crippen molar-refractivity contribution < 1.29 is 29.9 Å². The molecule has 0 saturated carbocycles. The third-order valence-electron chi connectivity index (χ3n) is 9.45. The van der Waals surface area contributed by atoms with Crippen LogP contribution in [0.3, 0.4) is 0 Å². The second-order valence-corrected chi connectivity index (χ2v) is 14.3. The van der Waals surface area contributed by atoms with Crippen LogP contribution < -0.4 is 9.64 Å². The predicted molar refractivity (Wildman–Crippen MR) is 206 cm³/mol. The third kappa shape index (κ3) is 6.81. The van der Waals surface area contributed by atoms with Gasteiger partial charge in [0.15, 0.2) is 0 Å². The fraction of sp³-hybridized carbons (Fsp3) is 0.152. The molecule has 52 heavy (non-hydrogen) atoms. The van der Waals surface area contributed by atoms with Crippen LogP contribution in [0.5, 0.6) is 11.5 Å². The maximum atomic E-state index is 8.85. The number of imidazole rings is 1. The smallest absolute Gasteiger partial charge is 0.0421 e. The quantitative estimate of drug-likeness (QED) is 0.150. The standard InChI is InChI=1S/C46H39N4O.Pt/c1-45(2,3)36-26-37(50-31-49-30-42(32-15-8-6-9-16-32)48-44(49)40-21-12-13-22-43(40)50)29-39(27-36)51-38-20-14-17-33(25-38)41-28-35(23-24-47-41)46(4,5)34-18-10-7-11-19-34;/h6-24,26-28,30-31H,1-5H3;/q-3;/i14D,17D,20D;. The van der Waals surface area contributed by atoms with Crippen molar-refractivity contribution in [2.45, 2.75) is 45.4 Å². The average molecular weight is 862 g/mol. The topological polar surface area (TPSA) is 43.2 Å². The number of rotatable bonds is 7. The first-order valence-corrected chi connectivity index (χ1v) is 17.1. The molecule has 0 atom stereocenters. The summed E-state index contributed by atoms with van der Waals surface area (Å²) in [4.78, 5) is 11.7. The van der Waals surface area contributed by atoms with Crippen molar-refractivity contribution in [3.63, 3.8) is 0 Å². The summed E-state index contributed by atoms with van der Waals surface area (Å²) in [5.41, 5.74) is 7.86. The summed E-state index contributed by atoms with van der Waals surface area (Å²) in [6.45, 7) is 12.7. The number of hydrogen-bond donors (Lipinski definition) is 0. The van der Waals surface area contributed by atoms with Crippen molar-refractivity contribution in [1.29, 1.82) is 0 Å². The fourth-order valence-corrected chi connectivity index (χ4v) is 6.42. The number of nitrogens with zero attached hydrogens (tertiary/aromatic N) is 4. The molecule has 262 valence electrons. The molecule has 0 radical (unpaired) electrons. The molecule has 0 unspecified atom stereocenters. The molecule has 0 fully saturated rings. The largest absolute Gasteiger partial charge is 0.503 e. The van der Waals surface area contributed by atoms with Gasteiger partial charge in [-0.2, -0.15) is 0 Å². The van der Waals surface area contributed by atoms with Crippen molar-refractivity contribution in [3.8, 4) is 45.4 Å². The van der Waals surface area contributed by atoms with E-state index in [2.05, 4.69) is 99.1 Å². The van der Waals surface area contributed by atoms with Crippen LogP contribution in [-0.2, 0) is 31.9 Å². The normalized spacial score (nSPS) is 13.1. The summed E-state index contributed by atoms with van der Waals surface area (Å²) in [7, 11) is 0. The maximum Gasteiger partial charge on any atom is 0.0421 e. The molecule has 0 N–H and O–H groups in total. The Hall–Kier alpha value is -5.38. The van der Waals surface area contributed by atoms with Crippen molar-refractivity contribution in [2.24, 2.45) is 0 Å². The molecule has 5 aromatic carbocycles. The zero-order chi connectivity index (χ0) is 37.8. The van der Waals surface area contributed by atoms with Gasteiger partial charge in [-0.05, 0) is 53.5 Å². The third-order valence-corrected chi connectivity index (χ3v) is 9.45. The van der Waals surface area contributed by atoms with Gasteiger partial charge in [-0.1, -0.05) is 137 Å². The predicted octanol–water partition coefficient (Wildman–Crippen LogP) is 11.4. The Balaban J connectivity index is 0.00000465. The number of hydrogen-bond acceptors (Lipinski definition) is 4. The average Bonchev–Trinajstić information content (AvgIpc) is 3.63. The second-order valence-electron chi connectivity index (χ2n) is 14.3. The summed E-state index contributed by atoms with van der Waals surface area (Å²) >= 11 is 0. The molecule has 6 heteroatoms. The van der Waals surface area contributed by atoms with E-state index in [4.69, 9.17) is 13.8 Å². The number of ether oxygens (including phenoxy) is 1. The Labute approximate surface area is 325 Å². The van der Waals surface area contributed by atoms with Crippen molar-refractivity contribution in [2.75, 3.05) is 4.90 Å². The Kier molecular flexibility index (Phi) is 8.43. The Morgan fingerprint density at radius 3 is 2.23 bits per heavy atom. The van der Waals surface area contributed by atoms with Crippen LogP contribution in [0.2, 0.25) is 0 Å². The minimum atomic E-state index is -0.344. The molecular weight excluding hydrogens is 820 g/mol. The molecule has 0 amide bonds.